The fraction of sp³-hybridized carbons (Fsp3) is 0.318. The number of rotatable bonds is 11. The van der Waals surface area contributed by atoms with Crippen molar-refractivity contribution in [1.82, 2.24) is 15.5 Å². The van der Waals surface area contributed by atoms with Crippen molar-refractivity contribution < 1.29 is 31.9 Å². The number of carbonyl (C=O) groups excluding carboxylic acids is 1. The molecule has 0 aliphatic heterocycles. The second-order valence-corrected chi connectivity index (χ2v) is 9.06. The van der Waals surface area contributed by atoms with E-state index in [1.165, 1.54) is 19.2 Å². The molecule has 1 N–H and O–H groups in total. The smallest absolute Gasteiger partial charge is 0.315 e. The Labute approximate surface area is 191 Å². The van der Waals surface area contributed by atoms with Gasteiger partial charge in [0.25, 0.3) is 0 Å². The lowest BCUT2D eigenvalue weighted by Crippen LogP contribution is -2.26. The molecule has 0 radical (unpaired) electrons. The lowest BCUT2D eigenvalue weighted by molar-refractivity contribution is 0.0910. The van der Waals surface area contributed by atoms with E-state index in [0.29, 0.717) is 30.2 Å². The van der Waals surface area contributed by atoms with Crippen LogP contribution < -0.4 is 19.5 Å². The Morgan fingerprint density at radius 3 is 2.36 bits per heavy atom. The molecular weight excluding hydrogens is 450 g/mol. The third kappa shape index (κ3) is 6.22. The number of methoxy groups -OCH3 is 3. The number of aryl methyl sites for hydroxylation is 1. The SMILES string of the molecule is COc1ccc(S(=O)(=O)CCc2noc(C(=O)NCCc3ccc(OC)c(OC)c3)n2)cc1. The first kappa shape index (κ1) is 24.1. The van der Waals surface area contributed by atoms with Crippen molar-refractivity contribution in [3.63, 3.8) is 0 Å². The largest absolute Gasteiger partial charge is 0.497 e. The molecule has 33 heavy (non-hydrogen) atoms. The van der Waals surface area contributed by atoms with Crippen molar-refractivity contribution in [2.45, 2.75) is 17.7 Å². The van der Waals surface area contributed by atoms with Crippen LogP contribution in [0.2, 0.25) is 0 Å². The summed E-state index contributed by atoms with van der Waals surface area (Å²) in [4.78, 5) is 16.4. The molecule has 0 aliphatic rings. The van der Waals surface area contributed by atoms with Crippen molar-refractivity contribution in [1.29, 1.82) is 0 Å². The molecule has 2 aromatic carbocycles. The molecular formula is C22H25N3O7S. The highest BCUT2D eigenvalue weighted by Crippen LogP contribution is 2.27. The maximum atomic E-state index is 12.5. The molecule has 1 aromatic heterocycles. The zero-order valence-corrected chi connectivity index (χ0v) is 19.3. The molecule has 3 rings (SSSR count). The van der Waals surface area contributed by atoms with Crippen LogP contribution in [-0.2, 0) is 22.7 Å². The van der Waals surface area contributed by atoms with Gasteiger partial charge in [0.15, 0.2) is 27.2 Å². The molecule has 1 amide bonds. The van der Waals surface area contributed by atoms with Crippen molar-refractivity contribution in [3.05, 3.63) is 59.7 Å². The van der Waals surface area contributed by atoms with E-state index >= 15 is 0 Å². The monoisotopic (exact) mass is 475 g/mol. The van der Waals surface area contributed by atoms with Crippen molar-refractivity contribution in [2.24, 2.45) is 0 Å². The summed E-state index contributed by atoms with van der Waals surface area (Å²) in [5.41, 5.74) is 0.947. The minimum atomic E-state index is -3.55. The number of sulfone groups is 1. The average Bonchev–Trinajstić information content (AvgIpc) is 3.32. The summed E-state index contributed by atoms with van der Waals surface area (Å²) >= 11 is 0. The number of benzene rings is 2. The summed E-state index contributed by atoms with van der Waals surface area (Å²) in [6.07, 6.45) is 0.560. The van der Waals surface area contributed by atoms with Crippen LogP contribution >= 0.6 is 0 Å². The molecule has 1 heterocycles. The normalized spacial score (nSPS) is 11.1. The topological polar surface area (TPSA) is 130 Å². The molecule has 0 saturated heterocycles. The summed E-state index contributed by atoms with van der Waals surface area (Å²) < 4.78 is 45.5. The number of hydrogen-bond donors (Lipinski definition) is 1. The van der Waals surface area contributed by atoms with Crippen LogP contribution in [0.25, 0.3) is 0 Å². The number of hydrogen-bond acceptors (Lipinski definition) is 9. The van der Waals surface area contributed by atoms with Gasteiger partial charge in [-0.1, -0.05) is 11.2 Å². The van der Waals surface area contributed by atoms with Gasteiger partial charge in [-0.25, -0.2) is 8.42 Å². The van der Waals surface area contributed by atoms with E-state index in [-0.39, 0.29) is 28.8 Å². The van der Waals surface area contributed by atoms with Crippen LogP contribution in [0.15, 0.2) is 51.9 Å². The molecule has 0 atom stereocenters. The Balaban J connectivity index is 1.51. The molecule has 0 unspecified atom stereocenters. The summed E-state index contributed by atoms with van der Waals surface area (Å²) in [5.74, 6) is 0.946. The predicted molar refractivity (Wildman–Crippen MR) is 119 cm³/mol. The zero-order chi connectivity index (χ0) is 23.8. The molecule has 0 saturated carbocycles. The van der Waals surface area contributed by atoms with Gasteiger partial charge in [-0.05, 0) is 48.4 Å². The fourth-order valence-corrected chi connectivity index (χ4v) is 4.24. The molecule has 10 nitrogen and oxygen atoms in total. The summed E-state index contributed by atoms with van der Waals surface area (Å²) in [6.45, 7) is 0.331. The van der Waals surface area contributed by atoms with Crippen LogP contribution in [0.3, 0.4) is 0 Å². The van der Waals surface area contributed by atoms with Gasteiger partial charge in [0.1, 0.15) is 5.75 Å². The van der Waals surface area contributed by atoms with E-state index in [0.717, 1.165) is 5.56 Å². The van der Waals surface area contributed by atoms with Crippen LogP contribution in [0, 0.1) is 0 Å². The number of nitrogens with zero attached hydrogens (tertiary/aromatic N) is 2. The van der Waals surface area contributed by atoms with Crippen LogP contribution in [0.5, 0.6) is 17.2 Å². The minimum absolute atomic E-state index is 0.0107. The van der Waals surface area contributed by atoms with Gasteiger partial charge in [0.2, 0.25) is 0 Å². The zero-order valence-electron chi connectivity index (χ0n) is 18.5. The van der Waals surface area contributed by atoms with Gasteiger partial charge in [-0.15, -0.1) is 0 Å². The maximum absolute atomic E-state index is 12.5. The van der Waals surface area contributed by atoms with E-state index in [9.17, 15) is 13.2 Å². The van der Waals surface area contributed by atoms with Crippen LogP contribution in [0.1, 0.15) is 22.1 Å². The Morgan fingerprint density at radius 1 is 0.970 bits per heavy atom. The first-order chi connectivity index (χ1) is 15.9. The fourth-order valence-electron chi connectivity index (χ4n) is 3.01. The van der Waals surface area contributed by atoms with E-state index < -0.39 is 15.7 Å². The number of nitrogens with one attached hydrogen (secondary N) is 1. The van der Waals surface area contributed by atoms with E-state index in [4.69, 9.17) is 18.7 Å². The second-order valence-electron chi connectivity index (χ2n) is 6.96. The van der Waals surface area contributed by atoms with E-state index in [2.05, 4.69) is 15.5 Å². The highest BCUT2D eigenvalue weighted by Gasteiger charge is 2.19. The molecule has 11 heteroatoms. The van der Waals surface area contributed by atoms with Crippen LogP contribution in [-0.4, -0.2) is 58.1 Å². The predicted octanol–water partition coefficient (Wildman–Crippen LogP) is 2.08. The lowest BCUT2D eigenvalue weighted by atomic mass is 10.1. The Hall–Kier alpha value is -3.60. The highest BCUT2D eigenvalue weighted by atomic mass is 32.2. The van der Waals surface area contributed by atoms with E-state index in [1.54, 1.807) is 32.4 Å². The van der Waals surface area contributed by atoms with Gasteiger partial charge in [0.05, 0.1) is 32.0 Å². The quantitative estimate of drug-likeness (QED) is 0.443. The molecule has 0 fully saturated rings. The number of amides is 1. The Bertz CT molecular complexity index is 1190. The first-order valence-electron chi connectivity index (χ1n) is 10.0. The number of ether oxygens (including phenoxy) is 3. The summed E-state index contributed by atoms with van der Waals surface area (Å²) in [6, 6.07) is 11.6. The standard InChI is InChI=1S/C22H25N3O7S/c1-29-16-5-7-17(8-6-16)33(27,28)13-11-20-24-22(32-25-20)21(26)23-12-10-15-4-9-18(30-2)19(14-15)31-3/h4-9,14H,10-13H2,1-3H3,(H,23,26). The third-order valence-corrected chi connectivity index (χ3v) is 6.55. The summed E-state index contributed by atoms with van der Waals surface area (Å²) in [5, 5.41) is 6.41. The molecule has 176 valence electrons. The van der Waals surface area contributed by atoms with Gasteiger partial charge in [0, 0.05) is 13.0 Å². The van der Waals surface area contributed by atoms with Gasteiger partial charge in [-0.3, -0.25) is 4.79 Å². The average molecular weight is 476 g/mol. The Kier molecular flexibility index (Phi) is 7.88. The highest BCUT2D eigenvalue weighted by molar-refractivity contribution is 7.91. The maximum Gasteiger partial charge on any atom is 0.315 e. The second kappa shape index (κ2) is 10.8. The molecule has 0 spiro atoms. The van der Waals surface area contributed by atoms with Crippen molar-refractivity contribution >= 4 is 15.7 Å². The molecule has 0 aliphatic carbocycles. The number of carbonyl (C=O) groups is 1. The van der Waals surface area contributed by atoms with Crippen molar-refractivity contribution in [3.8, 4) is 17.2 Å². The number of aromatic nitrogens is 2. The van der Waals surface area contributed by atoms with Crippen molar-refractivity contribution in [2.75, 3.05) is 33.6 Å². The summed E-state index contributed by atoms with van der Waals surface area (Å²) in [7, 11) is 1.07. The molecule has 3 aromatic rings. The van der Waals surface area contributed by atoms with Gasteiger partial charge >= 0.3 is 11.8 Å². The lowest BCUT2D eigenvalue weighted by Gasteiger charge is -2.09. The third-order valence-electron chi connectivity index (χ3n) is 4.82. The van der Waals surface area contributed by atoms with E-state index in [1.807, 2.05) is 12.1 Å². The minimum Gasteiger partial charge on any atom is -0.497 e. The molecule has 0 bridgehead atoms. The Morgan fingerprint density at radius 2 is 1.70 bits per heavy atom. The first-order valence-corrected chi connectivity index (χ1v) is 11.7. The van der Waals surface area contributed by atoms with Gasteiger partial charge < -0.3 is 24.1 Å². The van der Waals surface area contributed by atoms with Crippen LogP contribution in [0.4, 0.5) is 0 Å². The van der Waals surface area contributed by atoms with Gasteiger partial charge in [-0.2, -0.15) is 4.98 Å².